The van der Waals surface area contributed by atoms with E-state index in [4.69, 9.17) is 11.6 Å². The summed E-state index contributed by atoms with van der Waals surface area (Å²) in [5.74, 6) is -0.415. The fraction of sp³-hybridized carbons (Fsp3) is 0.222. The number of carbonyl (C=O) groups is 1. The molecule has 1 aromatic rings. The van der Waals surface area contributed by atoms with Crippen molar-refractivity contribution >= 4 is 17.4 Å². The minimum absolute atomic E-state index is 0.0395. The van der Waals surface area contributed by atoms with Crippen LogP contribution in [0.15, 0.2) is 18.2 Å². The van der Waals surface area contributed by atoms with E-state index in [-0.39, 0.29) is 10.8 Å². The molecule has 0 aromatic heterocycles. The normalized spacial score (nSPS) is 9.92. The minimum Gasteiger partial charge on any atom is -0.300 e. The Morgan fingerprint density at radius 1 is 1.58 bits per heavy atom. The van der Waals surface area contributed by atoms with E-state index in [1.54, 1.807) is 6.07 Å². The van der Waals surface area contributed by atoms with E-state index in [2.05, 4.69) is 0 Å². The molecular formula is C9H8ClFO. The highest BCUT2D eigenvalue weighted by molar-refractivity contribution is 6.30. The van der Waals surface area contributed by atoms with Crippen molar-refractivity contribution in [2.24, 2.45) is 0 Å². The Hall–Kier alpha value is -0.890. The lowest BCUT2D eigenvalue weighted by molar-refractivity contribution is -0.116. The van der Waals surface area contributed by atoms with Crippen LogP contribution >= 0.6 is 11.6 Å². The van der Waals surface area contributed by atoms with Crippen molar-refractivity contribution in [1.82, 2.24) is 0 Å². The van der Waals surface area contributed by atoms with Gasteiger partial charge in [0, 0.05) is 6.42 Å². The van der Waals surface area contributed by atoms with Gasteiger partial charge in [0.05, 0.1) is 5.02 Å². The monoisotopic (exact) mass is 186 g/mol. The second kappa shape index (κ2) is 3.68. The Balaban J connectivity index is 2.89. The first-order valence-corrected chi connectivity index (χ1v) is 3.91. The van der Waals surface area contributed by atoms with Gasteiger partial charge in [-0.2, -0.15) is 0 Å². The summed E-state index contributed by atoms with van der Waals surface area (Å²) in [6.45, 7) is 1.48. The molecule has 0 aliphatic rings. The van der Waals surface area contributed by atoms with Crippen molar-refractivity contribution in [2.75, 3.05) is 0 Å². The third-order valence-electron chi connectivity index (χ3n) is 1.44. The fourth-order valence-electron chi connectivity index (χ4n) is 0.937. The second-order valence-electron chi connectivity index (χ2n) is 2.63. The van der Waals surface area contributed by atoms with Gasteiger partial charge in [0.25, 0.3) is 0 Å². The van der Waals surface area contributed by atoms with Gasteiger partial charge in [-0.25, -0.2) is 4.39 Å². The van der Waals surface area contributed by atoms with Crippen molar-refractivity contribution in [3.63, 3.8) is 0 Å². The summed E-state index contributed by atoms with van der Waals surface area (Å²) in [5, 5.41) is 0.0637. The maximum atomic E-state index is 12.6. The molecule has 0 saturated heterocycles. The summed E-state index contributed by atoms with van der Waals surface area (Å²) in [6, 6.07) is 4.29. The van der Waals surface area contributed by atoms with Gasteiger partial charge in [-0.15, -0.1) is 0 Å². The molecule has 0 N–H and O–H groups in total. The predicted molar refractivity (Wildman–Crippen MR) is 45.8 cm³/mol. The van der Waals surface area contributed by atoms with Gasteiger partial charge in [0.15, 0.2) is 0 Å². The third kappa shape index (κ3) is 2.31. The first kappa shape index (κ1) is 9.20. The van der Waals surface area contributed by atoms with E-state index < -0.39 is 5.82 Å². The van der Waals surface area contributed by atoms with Crippen LogP contribution in [0.2, 0.25) is 5.02 Å². The summed E-state index contributed by atoms with van der Waals surface area (Å²) < 4.78 is 12.6. The van der Waals surface area contributed by atoms with Crippen LogP contribution in [0.25, 0.3) is 0 Å². The zero-order valence-electron chi connectivity index (χ0n) is 6.60. The van der Waals surface area contributed by atoms with Gasteiger partial charge in [-0.3, -0.25) is 4.79 Å². The molecule has 3 heteroatoms. The average molecular weight is 187 g/mol. The van der Waals surface area contributed by atoms with Gasteiger partial charge < -0.3 is 0 Å². The van der Waals surface area contributed by atoms with E-state index in [9.17, 15) is 9.18 Å². The van der Waals surface area contributed by atoms with Crippen LogP contribution in [0.5, 0.6) is 0 Å². The molecular weight excluding hydrogens is 179 g/mol. The number of rotatable bonds is 2. The number of hydrogen-bond donors (Lipinski definition) is 0. The van der Waals surface area contributed by atoms with Crippen LogP contribution in [0.3, 0.4) is 0 Å². The summed E-state index contributed by atoms with van der Waals surface area (Å²) in [6.07, 6.45) is 0.306. The third-order valence-corrected chi connectivity index (χ3v) is 1.73. The standard InChI is InChI=1S/C9H8ClFO/c1-6(12)4-7-2-3-9(11)8(10)5-7/h2-3,5H,4H2,1H3. The SMILES string of the molecule is CC(=O)Cc1ccc(F)c(Cl)c1. The first-order chi connectivity index (χ1) is 5.59. The molecule has 0 radical (unpaired) electrons. The van der Waals surface area contributed by atoms with Crippen molar-refractivity contribution in [2.45, 2.75) is 13.3 Å². The number of hydrogen-bond acceptors (Lipinski definition) is 1. The Morgan fingerprint density at radius 2 is 2.25 bits per heavy atom. The summed E-state index contributed by atoms with van der Waals surface area (Å²) in [7, 11) is 0. The van der Waals surface area contributed by atoms with Crippen molar-refractivity contribution in [3.05, 3.63) is 34.6 Å². The summed E-state index contributed by atoms with van der Waals surface area (Å²) in [5.41, 5.74) is 0.744. The topological polar surface area (TPSA) is 17.1 Å². The van der Waals surface area contributed by atoms with Crippen LogP contribution < -0.4 is 0 Å². The second-order valence-corrected chi connectivity index (χ2v) is 3.03. The molecule has 0 spiro atoms. The number of Topliss-reactive ketones (excluding diaryl/α,β-unsaturated/α-hetero) is 1. The van der Waals surface area contributed by atoms with E-state index >= 15 is 0 Å². The molecule has 1 nitrogen and oxygen atoms in total. The van der Waals surface area contributed by atoms with E-state index in [1.807, 2.05) is 0 Å². The number of halogens is 2. The van der Waals surface area contributed by atoms with Gasteiger partial charge in [0.2, 0.25) is 0 Å². The zero-order valence-corrected chi connectivity index (χ0v) is 7.36. The van der Waals surface area contributed by atoms with Crippen molar-refractivity contribution < 1.29 is 9.18 Å². The van der Waals surface area contributed by atoms with E-state index in [0.29, 0.717) is 6.42 Å². The Morgan fingerprint density at radius 3 is 2.75 bits per heavy atom. The molecule has 0 unspecified atom stereocenters. The van der Waals surface area contributed by atoms with E-state index in [1.165, 1.54) is 19.1 Å². The molecule has 0 saturated carbocycles. The summed E-state index contributed by atoms with van der Waals surface area (Å²) in [4.78, 5) is 10.7. The zero-order chi connectivity index (χ0) is 9.14. The van der Waals surface area contributed by atoms with Gasteiger partial charge in [-0.1, -0.05) is 17.7 Å². The average Bonchev–Trinajstić information content (AvgIpc) is 1.96. The maximum Gasteiger partial charge on any atom is 0.141 e. The lowest BCUT2D eigenvalue weighted by Gasteiger charge is -1.98. The highest BCUT2D eigenvalue weighted by Crippen LogP contribution is 2.16. The smallest absolute Gasteiger partial charge is 0.141 e. The van der Waals surface area contributed by atoms with Crippen molar-refractivity contribution in [1.29, 1.82) is 0 Å². The molecule has 12 heavy (non-hydrogen) atoms. The molecule has 64 valence electrons. The minimum atomic E-state index is -0.455. The largest absolute Gasteiger partial charge is 0.300 e. The van der Waals surface area contributed by atoms with E-state index in [0.717, 1.165) is 5.56 Å². The van der Waals surface area contributed by atoms with Crippen LogP contribution in [0.1, 0.15) is 12.5 Å². The number of benzene rings is 1. The molecule has 0 atom stereocenters. The quantitative estimate of drug-likeness (QED) is 0.694. The Kier molecular flexibility index (Phi) is 2.82. The fourth-order valence-corrected chi connectivity index (χ4v) is 1.14. The molecule has 0 aliphatic heterocycles. The molecule has 0 fully saturated rings. The Bertz CT molecular complexity index is 309. The predicted octanol–water partition coefficient (Wildman–Crippen LogP) is 2.61. The Labute approximate surface area is 75.2 Å². The number of ketones is 1. The molecule has 0 aliphatic carbocycles. The lowest BCUT2D eigenvalue weighted by Crippen LogP contribution is -1.96. The van der Waals surface area contributed by atoms with Gasteiger partial charge in [0.1, 0.15) is 11.6 Å². The first-order valence-electron chi connectivity index (χ1n) is 3.53. The molecule has 0 bridgehead atoms. The molecule has 1 rings (SSSR count). The maximum absolute atomic E-state index is 12.6. The van der Waals surface area contributed by atoms with Crippen LogP contribution in [-0.4, -0.2) is 5.78 Å². The lowest BCUT2D eigenvalue weighted by atomic mass is 10.1. The van der Waals surface area contributed by atoms with Gasteiger partial charge >= 0.3 is 0 Å². The molecule has 0 heterocycles. The number of carbonyl (C=O) groups excluding carboxylic acids is 1. The van der Waals surface area contributed by atoms with Crippen molar-refractivity contribution in [3.8, 4) is 0 Å². The highest BCUT2D eigenvalue weighted by Gasteiger charge is 2.02. The van der Waals surface area contributed by atoms with Gasteiger partial charge in [-0.05, 0) is 24.6 Å². The van der Waals surface area contributed by atoms with Crippen LogP contribution in [0, 0.1) is 5.82 Å². The highest BCUT2D eigenvalue weighted by atomic mass is 35.5. The van der Waals surface area contributed by atoms with Crippen LogP contribution in [0.4, 0.5) is 4.39 Å². The van der Waals surface area contributed by atoms with Crippen LogP contribution in [-0.2, 0) is 11.2 Å². The molecule has 0 amide bonds. The molecule has 1 aromatic carbocycles. The summed E-state index contributed by atoms with van der Waals surface area (Å²) >= 11 is 5.51.